The summed E-state index contributed by atoms with van der Waals surface area (Å²) >= 11 is 6.00. The first kappa shape index (κ1) is 19.6. The predicted molar refractivity (Wildman–Crippen MR) is 107 cm³/mol. The van der Waals surface area contributed by atoms with E-state index >= 15 is 0 Å². The normalized spacial score (nSPS) is 15.5. The maximum absolute atomic E-state index is 13.1. The summed E-state index contributed by atoms with van der Waals surface area (Å²) in [6.07, 6.45) is -4.65. The summed E-state index contributed by atoms with van der Waals surface area (Å²) in [5, 5.41) is 6.98. The smallest absolute Gasteiger partial charge is 0.416 e. The van der Waals surface area contributed by atoms with E-state index in [4.69, 9.17) is 16.3 Å². The van der Waals surface area contributed by atoms with Crippen LogP contribution in [0.2, 0.25) is 5.02 Å². The van der Waals surface area contributed by atoms with Crippen molar-refractivity contribution in [3.05, 3.63) is 94.0 Å². The van der Waals surface area contributed by atoms with Crippen molar-refractivity contribution in [2.24, 2.45) is 0 Å². The predicted octanol–water partition coefficient (Wildman–Crippen LogP) is 6.15. The number of halogens is 4. The molecule has 3 nitrogen and oxygen atoms in total. The number of ether oxygens (including phenoxy) is 1. The van der Waals surface area contributed by atoms with Crippen LogP contribution in [-0.4, -0.2) is 0 Å². The van der Waals surface area contributed by atoms with Crippen molar-refractivity contribution in [1.82, 2.24) is 5.32 Å². The summed E-state index contributed by atoms with van der Waals surface area (Å²) < 4.78 is 45.1. The highest BCUT2D eigenvalue weighted by atomic mass is 35.5. The Bertz CT molecular complexity index is 1010. The zero-order valence-corrected chi connectivity index (χ0v) is 16.0. The Hall–Kier alpha value is -2.70. The topological polar surface area (TPSA) is 33.3 Å². The first-order valence-electron chi connectivity index (χ1n) is 9.07. The van der Waals surface area contributed by atoms with Gasteiger partial charge in [0.15, 0.2) is 6.23 Å². The van der Waals surface area contributed by atoms with Gasteiger partial charge >= 0.3 is 6.18 Å². The minimum atomic E-state index is -4.35. The Morgan fingerprint density at radius 3 is 2.48 bits per heavy atom. The SMILES string of the molecule is FC(F)(F)c1ccccc1CNCc1ccc(C2Nc3cc(Cl)ccc3O2)cc1. The van der Waals surface area contributed by atoms with Crippen LogP contribution < -0.4 is 15.4 Å². The lowest BCUT2D eigenvalue weighted by Crippen LogP contribution is -2.17. The molecule has 0 aromatic heterocycles. The monoisotopic (exact) mass is 418 g/mol. The summed E-state index contributed by atoms with van der Waals surface area (Å²) in [6, 6.07) is 18.7. The lowest BCUT2D eigenvalue weighted by atomic mass is 10.1. The number of benzene rings is 3. The average molecular weight is 419 g/mol. The van der Waals surface area contributed by atoms with Crippen LogP contribution in [-0.2, 0) is 19.3 Å². The molecule has 1 unspecified atom stereocenters. The highest BCUT2D eigenvalue weighted by molar-refractivity contribution is 6.30. The van der Waals surface area contributed by atoms with Crippen molar-refractivity contribution in [1.29, 1.82) is 0 Å². The molecule has 1 heterocycles. The van der Waals surface area contributed by atoms with Crippen LogP contribution in [0.3, 0.4) is 0 Å². The van der Waals surface area contributed by atoms with E-state index in [0.29, 0.717) is 11.6 Å². The Labute approximate surface area is 171 Å². The van der Waals surface area contributed by atoms with Gasteiger partial charge in [-0.2, -0.15) is 13.2 Å². The molecule has 1 atom stereocenters. The van der Waals surface area contributed by atoms with E-state index in [0.717, 1.165) is 28.6 Å². The van der Waals surface area contributed by atoms with Gasteiger partial charge in [0.05, 0.1) is 11.3 Å². The molecule has 1 aliphatic heterocycles. The van der Waals surface area contributed by atoms with Crippen LogP contribution in [0.4, 0.5) is 18.9 Å². The Morgan fingerprint density at radius 2 is 1.72 bits per heavy atom. The fourth-order valence-corrected chi connectivity index (χ4v) is 3.44. The molecule has 2 N–H and O–H groups in total. The van der Waals surface area contributed by atoms with Crippen LogP contribution >= 0.6 is 11.6 Å². The molecule has 29 heavy (non-hydrogen) atoms. The second-order valence-electron chi connectivity index (χ2n) is 6.78. The van der Waals surface area contributed by atoms with Gasteiger partial charge in [-0.25, -0.2) is 0 Å². The molecule has 0 aliphatic carbocycles. The minimum Gasteiger partial charge on any atom is -0.464 e. The van der Waals surface area contributed by atoms with Crippen molar-refractivity contribution < 1.29 is 17.9 Å². The van der Waals surface area contributed by atoms with Gasteiger partial charge in [-0.05, 0) is 35.4 Å². The van der Waals surface area contributed by atoms with Crippen LogP contribution in [0.5, 0.6) is 5.75 Å². The standard InChI is InChI=1S/C22H18ClF3N2O/c23-17-9-10-20-19(11-17)28-21(29-20)15-7-5-14(6-8-15)12-27-13-16-3-1-2-4-18(16)22(24,25)26/h1-11,21,27-28H,12-13H2. The molecular weight excluding hydrogens is 401 g/mol. The molecule has 0 radical (unpaired) electrons. The molecule has 150 valence electrons. The number of alkyl halides is 3. The zero-order valence-electron chi connectivity index (χ0n) is 15.3. The Balaban J connectivity index is 1.35. The first-order valence-corrected chi connectivity index (χ1v) is 9.45. The molecule has 7 heteroatoms. The molecular formula is C22H18ClF3N2O. The third kappa shape index (κ3) is 4.49. The first-order chi connectivity index (χ1) is 13.9. The fourth-order valence-electron chi connectivity index (χ4n) is 3.27. The lowest BCUT2D eigenvalue weighted by molar-refractivity contribution is -0.138. The summed E-state index contributed by atoms with van der Waals surface area (Å²) in [5.41, 5.74) is 2.39. The van der Waals surface area contributed by atoms with Gasteiger partial charge in [0.25, 0.3) is 0 Å². The van der Waals surface area contributed by atoms with E-state index in [1.54, 1.807) is 12.1 Å². The largest absolute Gasteiger partial charge is 0.464 e. The van der Waals surface area contributed by atoms with E-state index in [1.165, 1.54) is 12.1 Å². The Kier molecular flexibility index (Phi) is 5.39. The van der Waals surface area contributed by atoms with Crippen molar-refractivity contribution in [2.45, 2.75) is 25.5 Å². The van der Waals surface area contributed by atoms with E-state index in [1.807, 2.05) is 36.4 Å². The van der Waals surface area contributed by atoms with Gasteiger partial charge < -0.3 is 15.4 Å². The summed E-state index contributed by atoms with van der Waals surface area (Å²) in [7, 11) is 0. The fraction of sp³-hybridized carbons (Fsp3) is 0.182. The zero-order chi connectivity index (χ0) is 20.4. The highest BCUT2D eigenvalue weighted by Gasteiger charge is 2.32. The van der Waals surface area contributed by atoms with Crippen LogP contribution in [0, 0.1) is 0 Å². The maximum atomic E-state index is 13.1. The molecule has 1 aliphatic rings. The lowest BCUT2D eigenvalue weighted by Gasteiger charge is -2.14. The second-order valence-corrected chi connectivity index (χ2v) is 7.22. The van der Waals surface area contributed by atoms with Gasteiger partial charge in [-0.3, -0.25) is 0 Å². The molecule has 0 saturated carbocycles. The van der Waals surface area contributed by atoms with Gasteiger partial charge in [0, 0.05) is 23.7 Å². The number of nitrogens with one attached hydrogen (secondary N) is 2. The van der Waals surface area contributed by atoms with E-state index in [2.05, 4.69) is 10.6 Å². The molecule has 4 rings (SSSR count). The van der Waals surface area contributed by atoms with Gasteiger partial charge in [-0.15, -0.1) is 0 Å². The quantitative estimate of drug-likeness (QED) is 0.521. The molecule has 3 aromatic rings. The molecule has 0 saturated heterocycles. The van der Waals surface area contributed by atoms with Crippen molar-refractivity contribution in [3.8, 4) is 5.75 Å². The summed E-state index contributed by atoms with van der Waals surface area (Å²) in [6.45, 7) is 0.599. The van der Waals surface area contributed by atoms with Crippen LogP contribution in [0.25, 0.3) is 0 Å². The van der Waals surface area contributed by atoms with Crippen LogP contribution in [0.1, 0.15) is 28.5 Å². The van der Waals surface area contributed by atoms with E-state index < -0.39 is 11.7 Å². The van der Waals surface area contributed by atoms with Crippen molar-refractivity contribution >= 4 is 17.3 Å². The third-order valence-corrected chi connectivity index (χ3v) is 4.96. The Morgan fingerprint density at radius 1 is 0.966 bits per heavy atom. The number of rotatable bonds is 5. The number of hydrogen-bond donors (Lipinski definition) is 2. The van der Waals surface area contributed by atoms with Crippen molar-refractivity contribution in [3.63, 3.8) is 0 Å². The molecule has 0 fully saturated rings. The average Bonchev–Trinajstić information content (AvgIpc) is 3.11. The molecule has 0 amide bonds. The summed E-state index contributed by atoms with van der Waals surface area (Å²) in [4.78, 5) is 0. The number of anilines is 1. The second kappa shape index (κ2) is 7.97. The van der Waals surface area contributed by atoms with Crippen molar-refractivity contribution in [2.75, 3.05) is 5.32 Å². The number of hydrogen-bond acceptors (Lipinski definition) is 3. The number of fused-ring (bicyclic) bond motifs is 1. The summed E-state index contributed by atoms with van der Waals surface area (Å²) in [5.74, 6) is 0.744. The van der Waals surface area contributed by atoms with Gasteiger partial charge in [0.1, 0.15) is 5.75 Å². The van der Waals surface area contributed by atoms with Crippen LogP contribution in [0.15, 0.2) is 66.7 Å². The molecule has 3 aromatic carbocycles. The molecule has 0 spiro atoms. The van der Waals surface area contributed by atoms with Gasteiger partial charge in [0.2, 0.25) is 0 Å². The van der Waals surface area contributed by atoms with E-state index in [9.17, 15) is 13.2 Å². The van der Waals surface area contributed by atoms with E-state index in [-0.39, 0.29) is 18.3 Å². The van der Waals surface area contributed by atoms with Gasteiger partial charge in [-0.1, -0.05) is 54.1 Å². The third-order valence-electron chi connectivity index (χ3n) is 4.72. The highest BCUT2D eigenvalue weighted by Crippen LogP contribution is 2.39. The minimum absolute atomic E-state index is 0.140. The maximum Gasteiger partial charge on any atom is 0.416 e. The molecule has 0 bridgehead atoms.